The topological polar surface area (TPSA) is 64.4 Å². The summed E-state index contributed by atoms with van der Waals surface area (Å²) in [5, 5.41) is 2.85. The van der Waals surface area contributed by atoms with Crippen LogP contribution in [-0.2, 0) is 9.53 Å². The van der Waals surface area contributed by atoms with Crippen molar-refractivity contribution in [3.05, 3.63) is 0 Å². The molecule has 0 radical (unpaired) electrons. The minimum absolute atomic E-state index is 0.0500. The predicted molar refractivity (Wildman–Crippen MR) is 59.5 cm³/mol. The van der Waals surface area contributed by atoms with Gasteiger partial charge < -0.3 is 15.8 Å². The first-order chi connectivity index (χ1) is 7.24. The van der Waals surface area contributed by atoms with Crippen LogP contribution in [0.15, 0.2) is 0 Å². The van der Waals surface area contributed by atoms with E-state index in [-0.39, 0.29) is 18.1 Å². The quantitative estimate of drug-likeness (QED) is 0.711. The number of ether oxygens (including phenoxy) is 1. The molecule has 1 aliphatic rings. The number of nitrogens with one attached hydrogen (secondary N) is 1. The predicted octanol–water partition coefficient (Wildman–Crippen LogP) is 0.799. The average Bonchev–Trinajstić information content (AvgIpc) is 2.27. The molecule has 4 heteroatoms. The first-order valence-electron chi connectivity index (χ1n) is 5.89. The van der Waals surface area contributed by atoms with Gasteiger partial charge in [-0.1, -0.05) is 13.3 Å². The van der Waals surface area contributed by atoms with Crippen LogP contribution >= 0.6 is 0 Å². The Hall–Kier alpha value is -0.610. The molecule has 1 fully saturated rings. The number of amides is 1. The van der Waals surface area contributed by atoms with Crippen LogP contribution in [0.5, 0.6) is 0 Å². The normalized spacial score (nSPS) is 23.5. The van der Waals surface area contributed by atoms with Crippen molar-refractivity contribution in [3.63, 3.8) is 0 Å². The summed E-state index contributed by atoms with van der Waals surface area (Å²) in [4.78, 5) is 11.5. The number of carbonyl (C=O) groups is 1. The van der Waals surface area contributed by atoms with Gasteiger partial charge in [-0.25, -0.2) is 0 Å². The van der Waals surface area contributed by atoms with Crippen molar-refractivity contribution in [2.75, 3.05) is 13.2 Å². The fourth-order valence-corrected chi connectivity index (χ4v) is 1.76. The van der Waals surface area contributed by atoms with Crippen LogP contribution in [0.4, 0.5) is 0 Å². The largest absolute Gasteiger partial charge is 0.376 e. The van der Waals surface area contributed by atoms with E-state index in [0.717, 1.165) is 32.3 Å². The summed E-state index contributed by atoms with van der Waals surface area (Å²) < 4.78 is 5.51. The van der Waals surface area contributed by atoms with Crippen LogP contribution in [0.3, 0.4) is 0 Å². The lowest BCUT2D eigenvalue weighted by Gasteiger charge is -2.23. The molecular weight excluding hydrogens is 192 g/mol. The lowest BCUT2D eigenvalue weighted by Crippen LogP contribution is -2.44. The SMILES string of the molecule is CCC[C@@H](N)C(=O)NCC1CCCCO1. The van der Waals surface area contributed by atoms with Crippen LogP contribution < -0.4 is 11.1 Å². The lowest BCUT2D eigenvalue weighted by molar-refractivity contribution is -0.123. The summed E-state index contributed by atoms with van der Waals surface area (Å²) in [6.07, 6.45) is 5.26. The van der Waals surface area contributed by atoms with E-state index in [1.165, 1.54) is 6.42 Å². The summed E-state index contributed by atoms with van der Waals surface area (Å²) in [7, 11) is 0. The van der Waals surface area contributed by atoms with Crippen molar-refractivity contribution in [3.8, 4) is 0 Å². The van der Waals surface area contributed by atoms with Gasteiger partial charge in [0.15, 0.2) is 0 Å². The molecule has 0 aromatic rings. The molecule has 1 aliphatic heterocycles. The van der Waals surface area contributed by atoms with Crippen LogP contribution in [0, 0.1) is 0 Å². The zero-order valence-electron chi connectivity index (χ0n) is 9.50. The fraction of sp³-hybridized carbons (Fsp3) is 0.909. The maximum Gasteiger partial charge on any atom is 0.237 e. The molecule has 0 bridgehead atoms. The first kappa shape index (κ1) is 12.5. The lowest BCUT2D eigenvalue weighted by atomic mass is 10.1. The molecule has 1 amide bonds. The summed E-state index contributed by atoms with van der Waals surface area (Å²) in [6, 6.07) is -0.362. The number of carbonyl (C=O) groups excluding carboxylic acids is 1. The summed E-state index contributed by atoms with van der Waals surface area (Å²) in [5.41, 5.74) is 5.69. The third-order valence-electron chi connectivity index (χ3n) is 2.71. The van der Waals surface area contributed by atoms with Gasteiger partial charge in [-0.3, -0.25) is 4.79 Å². The Morgan fingerprint density at radius 1 is 1.60 bits per heavy atom. The highest BCUT2D eigenvalue weighted by molar-refractivity contribution is 5.81. The molecule has 4 nitrogen and oxygen atoms in total. The fourth-order valence-electron chi connectivity index (χ4n) is 1.76. The summed E-state index contributed by atoms with van der Waals surface area (Å²) in [6.45, 7) is 3.45. The Morgan fingerprint density at radius 3 is 3.00 bits per heavy atom. The van der Waals surface area contributed by atoms with E-state index in [4.69, 9.17) is 10.5 Å². The Balaban J connectivity index is 2.14. The molecule has 1 unspecified atom stereocenters. The minimum Gasteiger partial charge on any atom is -0.376 e. The third kappa shape index (κ3) is 4.62. The van der Waals surface area contributed by atoms with Crippen molar-refractivity contribution in [2.24, 2.45) is 5.73 Å². The van der Waals surface area contributed by atoms with E-state index < -0.39 is 0 Å². The first-order valence-corrected chi connectivity index (χ1v) is 5.89. The number of hydrogen-bond acceptors (Lipinski definition) is 3. The van der Waals surface area contributed by atoms with Gasteiger partial charge in [-0.05, 0) is 25.7 Å². The Morgan fingerprint density at radius 2 is 2.40 bits per heavy atom. The maximum atomic E-state index is 11.5. The molecule has 1 saturated heterocycles. The van der Waals surface area contributed by atoms with Gasteiger partial charge in [0.05, 0.1) is 12.1 Å². The number of hydrogen-bond donors (Lipinski definition) is 2. The Kier molecular flexibility index (Phi) is 5.65. The highest BCUT2D eigenvalue weighted by atomic mass is 16.5. The Labute approximate surface area is 91.5 Å². The second-order valence-electron chi connectivity index (χ2n) is 4.13. The molecule has 0 aromatic heterocycles. The van der Waals surface area contributed by atoms with Gasteiger partial charge in [-0.2, -0.15) is 0 Å². The summed E-state index contributed by atoms with van der Waals surface area (Å²) in [5.74, 6) is -0.0500. The van der Waals surface area contributed by atoms with Crippen molar-refractivity contribution in [1.82, 2.24) is 5.32 Å². The Bertz CT molecular complexity index is 191. The van der Waals surface area contributed by atoms with Gasteiger partial charge in [0.1, 0.15) is 0 Å². The summed E-state index contributed by atoms with van der Waals surface area (Å²) >= 11 is 0. The third-order valence-corrected chi connectivity index (χ3v) is 2.71. The van der Waals surface area contributed by atoms with E-state index in [2.05, 4.69) is 5.32 Å². The second kappa shape index (κ2) is 6.80. The van der Waals surface area contributed by atoms with E-state index in [1.54, 1.807) is 0 Å². The molecular formula is C11H22N2O2. The molecule has 0 aromatic carbocycles. The van der Waals surface area contributed by atoms with E-state index >= 15 is 0 Å². The number of nitrogens with two attached hydrogens (primary N) is 1. The smallest absolute Gasteiger partial charge is 0.237 e. The van der Waals surface area contributed by atoms with E-state index in [0.29, 0.717) is 6.54 Å². The monoisotopic (exact) mass is 214 g/mol. The standard InChI is InChI=1S/C11H22N2O2/c1-2-5-10(12)11(14)13-8-9-6-3-4-7-15-9/h9-10H,2-8,12H2,1H3,(H,13,14)/t9?,10-/m1/s1. The molecule has 1 rings (SSSR count). The zero-order valence-corrected chi connectivity index (χ0v) is 9.50. The van der Waals surface area contributed by atoms with Gasteiger partial charge >= 0.3 is 0 Å². The van der Waals surface area contributed by atoms with Crippen molar-refractivity contribution < 1.29 is 9.53 Å². The zero-order chi connectivity index (χ0) is 11.1. The van der Waals surface area contributed by atoms with Crippen molar-refractivity contribution >= 4 is 5.91 Å². The van der Waals surface area contributed by atoms with Gasteiger partial charge in [-0.15, -0.1) is 0 Å². The molecule has 88 valence electrons. The second-order valence-corrected chi connectivity index (χ2v) is 4.13. The molecule has 1 heterocycles. The van der Waals surface area contributed by atoms with Crippen molar-refractivity contribution in [2.45, 2.75) is 51.2 Å². The molecule has 0 spiro atoms. The van der Waals surface area contributed by atoms with Crippen LogP contribution in [0.2, 0.25) is 0 Å². The van der Waals surface area contributed by atoms with Gasteiger partial charge in [0.2, 0.25) is 5.91 Å². The van der Waals surface area contributed by atoms with E-state index in [1.807, 2.05) is 6.92 Å². The van der Waals surface area contributed by atoms with Gasteiger partial charge in [0, 0.05) is 13.2 Å². The molecule has 0 saturated carbocycles. The van der Waals surface area contributed by atoms with Crippen LogP contribution in [0.1, 0.15) is 39.0 Å². The molecule has 15 heavy (non-hydrogen) atoms. The molecule has 3 N–H and O–H groups in total. The van der Waals surface area contributed by atoms with Crippen LogP contribution in [0.25, 0.3) is 0 Å². The van der Waals surface area contributed by atoms with E-state index in [9.17, 15) is 4.79 Å². The van der Waals surface area contributed by atoms with Crippen LogP contribution in [-0.4, -0.2) is 31.2 Å². The number of rotatable bonds is 5. The average molecular weight is 214 g/mol. The van der Waals surface area contributed by atoms with Gasteiger partial charge in [0.25, 0.3) is 0 Å². The molecule has 2 atom stereocenters. The highest BCUT2D eigenvalue weighted by Gasteiger charge is 2.17. The minimum atomic E-state index is -0.362. The maximum absolute atomic E-state index is 11.5. The highest BCUT2D eigenvalue weighted by Crippen LogP contribution is 2.11. The van der Waals surface area contributed by atoms with Crippen molar-refractivity contribution in [1.29, 1.82) is 0 Å². The molecule has 0 aliphatic carbocycles.